The predicted octanol–water partition coefficient (Wildman–Crippen LogP) is 2.99. The lowest BCUT2D eigenvalue weighted by atomic mass is 10.1. The Morgan fingerprint density at radius 2 is 1.94 bits per heavy atom. The number of hydrogen-bond donors (Lipinski definition) is 1. The third-order valence-corrected chi connectivity index (χ3v) is 3.33. The molecule has 18 heavy (non-hydrogen) atoms. The summed E-state index contributed by atoms with van der Waals surface area (Å²) >= 11 is 0. The first-order valence-corrected chi connectivity index (χ1v) is 5.93. The van der Waals surface area contributed by atoms with Crippen LogP contribution in [0.5, 0.6) is 0 Å². The maximum absolute atomic E-state index is 13.8. The Balaban J connectivity index is 2.71. The molecule has 1 N–H and O–H groups in total. The van der Waals surface area contributed by atoms with Crippen LogP contribution in [-0.2, 0) is 0 Å². The van der Waals surface area contributed by atoms with Crippen LogP contribution in [0.1, 0.15) is 35.5 Å². The summed E-state index contributed by atoms with van der Waals surface area (Å²) in [6.45, 7) is 7.39. The van der Waals surface area contributed by atoms with E-state index in [0.717, 1.165) is 17.0 Å². The van der Waals surface area contributed by atoms with Gasteiger partial charge in [-0.2, -0.15) is 5.10 Å². The van der Waals surface area contributed by atoms with Crippen molar-refractivity contribution in [3.8, 4) is 5.69 Å². The third kappa shape index (κ3) is 1.93. The van der Waals surface area contributed by atoms with Crippen LogP contribution in [-0.4, -0.2) is 14.9 Å². The second-order valence-electron chi connectivity index (χ2n) is 4.56. The largest absolute Gasteiger partial charge is 0.389 e. The minimum Gasteiger partial charge on any atom is -0.389 e. The Hall–Kier alpha value is -1.68. The van der Waals surface area contributed by atoms with Gasteiger partial charge in [0.25, 0.3) is 0 Å². The van der Waals surface area contributed by atoms with Crippen LogP contribution in [0.15, 0.2) is 18.2 Å². The molecule has 3 nitrogen and oxygen atoms in total. The van der Waals surface area contributed by atoms with Gasteiger partial charge in [-0.1, -0.05) is 6.07 Å². The molecule has 1 aromatic heterocycles. The van der Waals surface area contributed by atoms with Crippen LogP contribution in [0.25, 0.3) is 5.69 Å². The van der Waals surface area contributed by atoms with E-state index in [0.29, 0.717) is 5.69 Å². The van der Waals surface area contributed by atoms with Gasteiger partial charge in [-0.3, -0.25) is 0 Å². The summed E-state index contributed by atoms with van der Waals surface area (Å²) in [5, 5.41) is 14.1. The molecule has 4 heteroatoms. The van der Waals surface area contributed by atoms with Crippen LogP contribution < -0.4 is 0 Å². The molecule has 2 aromatic rings. The molecule has 1 atom stereocenters. The number of halogens is 1. The summed E-state index contributed by atoms with van der Waals surface area (Å²) in [6, 6.07) is 4.75. The lowest BCUT2D eigenvalue weighted by Crippen LogP contribution is -2.08. The highest BCUT2D eigenvalue weighted by atomic mass is 19.1. The fourth-order valence-corrected chi connectivity index (χ4v) is 2.08. The number of rotatable bonds is 2. The van der Waals surface area contributed by atoms with E-state index in [-0.39, 0.29) is 5.56 Å². The zero-order chi connectivity index (χ0) is 13.4. The number of hydrogen-bond acceptors (Lipinski definition) is 2. The third-order valence-electron chi connectivity index (χ3n) is 3.33. The quantitative estimate of drug-likeness (QED) is 0.887. The van der Waals surface area contributed by atoms with Gasteiger partial charge in [0.2, 0.25) is 0 Å². The number of nitrogens with zero attached hydrogens (tertiary/aromatic N) is 2. The van der Waals surface area contributed by atoms with Gasteiger partial charge in [-0.05, 0) is 45.4 Å². The summed E-state index contributed by atoms with van der Waals surface area (Å²) in [4.78, 5) is 0. The van der Waals surface area contributed by atoms with Crippen LogP contribution in [0, 0.1) is 26.6 Å². The number of aryl methyl sites for hydroxylation is 1. The molecule has 0 spiro atoms. The first kappa shape index (κ1) is 12.8. The summed E-state index contributed by atoms with van der Waals surface area (Å²) in [7, 11) is 0. The van der Waals surface area contributed by atoms with Crippen molar-refractivity contribution in [3.05, 3.63) is 46.5 Å². The van der Waals surface area contributed by atoms with Gasteiger partial charge < -0.3 is 5.11 Å². The number of aliphatic hydroxyl groups is 1. The van der Waals surface area contributed by atoms with E-state index in [1.807, 2.05) is 20.8 Å². The number of aliphatic hydroxyl groups excluding tert-OH is 1. The van der Waals surface area contributed by atoms with Crippen molar-refractivity contribution in [1.29, 1.82) is 0 Å². The van der Waals surface area contributed by atoms with Crippen molar-refractivity contribution in [3.63, 3.8) is 0 Å². The summed E-state index contributed by atoms with van der Waals surface area (Å²) in [6.07, 6.45) is -0.870. The molecule has 1 aromatic carbocycles. The van der Waals surface area contributed by atoms with Crippen molar-refractivity contribution in [1.82, 2.24) is 9.78 Å². The lowest BCUT2D eigenvalue weighted by molar-refractivity contribution is 0.193. The average Bonchev–Trinajstić information content (AvgIpc) is 2.56. The molecule has 0 fully saturated rings. The van der Waals surface area contributed by atoms with Crippen LogP contribution >= 0.6 is 0 Å². The molecule has 0 saturated heterocycles. The summed E-state index contributed by atoms with van der Waals surface area (Å²) in [5.74, 6) is -0.410. The highest BCUT2D eigenvalue weighted by molar-refractivity contribution is 5.45. The molecule has 0 aliphatic rings. The second-order valence-corrected chi connectivity index (χ2v) is 4.56. The number of aromatic nitrogens is 2. The molecule has 96 valence electrons. The molecule has 0 unspecified atom stereocenters. The Morgan fingerprint density at radius 1 is 1.28 bits per heavy atom. The minimum atomic E-state index is -0.870. The van der Waals surface area contributed by atoms with Gasteiger partial charge in [0.1, 0.15) is 5.82 Å². The molecule has 0 amide bonds. The van der Waals surface area contributed by atoms with Crippen LogP contribution in [0.3, 0.4) is 0 Å². The van der Waals surface area contributed by atoms with Gasteiger partial charge >= 0.3 is 0 Å². The fraction of sp³-hybridized carbons (Fsp3) is 0.357. The molecule has 0 aliphatic heterocycles. The molecular weight excluding hydrogens is 231 g/mol. The van der Waals surface area contributed by atoms with Gasteiger partial charge in [-0.25, -0.2) is 9.07 Å². The fourth-order valence-electron chi connectivity index (χ4n) is 2.08. The standard InChI is InChI=1S/C14H17FN2O/c1-8-9(2)16-17(10(8)3)13-7-5-6-12(15)14(13)11(4)18/h5-7,11,18H,1-4H3/t11-/m0/s1. The van der Waals surface area contributed by atoms with Crippen molar-refractivity contribution in [2.24, 2.45) is 0 Å². The zero-order valence-electron chi connectivity index (χ0n) is 11.0. The molecule has 0 aliphatic carbocycles. The van der Waals surface area contributed by atoms with E-state index in [9.17, 15) is 9.50 Å². The maximum atomic E-state index is 13.8. The highest BCUT2D eigenvalue weighted by Crippen LogP contribution is 2.26. The molecule has 0 saturated carbocycles. The smallest absolute Gasteiger partial charge is 0.131 e. The van der Waals surface area contributed by atoms with Crippen LogP contribution in [0.2, 0.25) is 0 Å². The maximum Gasteiger partial charge on any atom is 0.131 e. The van der Waals surface area contributed by atoms with Crippen molar-refractivity contribution in [2.75, 3.05) is 0 Å². The van der Waals surface area contributed by atoms with E-state index in [4.69, 9.17) is 0 Å². The normalized spacial score (nSPS) is 12.8. The second kappa shape index (κ2) is 4.53. The molecule has 0 bridgehead atoms. The highest BCUT2D eigenvalue weighted by Gasteiger charge is 2.18. The summed E-state index contributed by atoms with van der Waals surface area (Å²) in [5.41, 5.74) is 3.82. The van der Waals surface area contributed by atoms with Gasteiger partial charge in [0.15, 0.2) is 0 Å². The zero-order valence-corrected chi connectivity index (χ0v) is 11.0. The molecule has 1 heterocycles. The lowest BCUT2D eigenvalue weighted by Gasteiger charge is -2.14. The Kier molecular flexibility index (Phi) is 3.22. The molecule has 2 rings (SSSR count). The Morgan fingerprint density at radius 3 is 2.44 bits per heavy atom. The molecular formula is C14H17FN2O. The van der Waals surface area contributed by atoms with Crippen molar-refractivity contribution in [2.45, 2.75) is 33.8 Å². The topological polar surface area (TPSA) is 38.0 Å². The van der Waals surface area contributed by atoms with E-state index in [1.165, 1.54) is 6.07 Å². The van der Waals surface area contributed by atoms with Crippen LogP contribution in [0.4, 0.5) is 4.39 Å². The van der Waals surface area contributed by atoms with E-state index in [2.05, 4.69) is 5.10 Å². The summed E-state index contributed by atoms with van der Waals surface area (Å²) < 4.78 is 15.5. The van der Waals surface area contributed by atoms with E-state index < -0.39 is 11.9 Å². The molecule has 0 radical (unpaired) electrons. The van der Waals surface area contributed by atoms with Gasteiger partial charge in [0.05, 0.1) is 17.5 Å². The predicted molar refractivity (Wildman–Crippen MR) is 68.4 cm³/mol. The van der Waals surface area contributed by atoms with Crippen molar-refractivity contribution >= 4 is 0 Å². The monoisotopic (exact) mass is 248 g/mol. The van der Waals surface area contributed by atoms with Gasteiger partial charge in [-0.15, -0.1) is 0 Å². The Labute approximate surface area is 106 Å². The SMILES string of the molecule is Cc1nn(-c2cccc(F)c2[C@H](C)O)c(C)c1C. The minimum absolute atomic E-state index is 0.281. The first-order chi connectivity index (χ1) is 8.43. The van der Waals surface area contributed by atoms with Crippen molar-refractivity contribution < 1.29 is 9.50 Å². The number of benzene rings is 1. The van der Waals surface area contributed by atoms with E-state index in [1.54, 1.807) is 23.7 Å². The average molecular weight is 248 g/mol. The first-order valence-electron chi connectivity index (χ1n) is 5.93. The van der Waals surface area contributed by atoms with Gasteiger partial charge in [0, 0.05) is 11.3 Å². The van der Waals surface area contributed by atoms with E-state index >= 15 is 0 Å². The Bertz CT molecular complexity index is 588.